The van der Waals surface area contributed by atoms with Crippen LogP contribution in [0.15, 0.2) is 53.9 Å². The van der Waals surface area contributed by atoms with Crippen molar-refractivity contribution in [1.29, 1.82) is 0 Å². The number of nitrogens with zero attached hydrogens (tertiary/aromatic N) is 2. The van der Waals surface area contributed by atoms with Crippen LogP contribution in [0.25, 0.3) is 5.70 Å². The van der Waals surface area contributed by atoms with E-state index in [9.17, 15) is 18.0 Å². The van der Waals surface area contributed by atoms with Gasteiger partial charge in [-0.05, 0) is 51.0 Å². The van der Waals surface area contributed by atoms with Gasteiger partial charge in [0.1, 0.15) is 5.75 Å². The summed E-state index contributed by atoms with van der Waals surface area (Å²) in [7, 11) is -3.67. The maximum Gasteiger partial charge on any atom is 0.258 e. The summed E-state index contributed by atoms with van der Waals surface area (Å²) in [6, 6.07) is 11.8. The zero-order valence-corrected chi connectivity index (χ0v) is 20.9. The molecular formula is C26H31N3O5S. The molecule has 1 fully saturated rings. The molecule has 0 spiro atoms. The number of hydrogen-bond donors (Lipinski definition) is 1. The van der Waals surface area contributed by atoms with Gasteiger partial charge in [-0.25, -0.2) is 8.42 Å². The molecule has 1 N–H and O–H groups in total. The number of amides is 2. The number of carbonyl (C=O) groups excluding carboxylic acids is 2. The minimum absolute atomic E-state index is 0.0168. The van der Waals surface area contributed by atoms with E-state index in [1.807, 2.05) is 26.0 Å². The van der Waals surface area contributed by atoms with E-state index < -0.39 is 10.0 Å². The third-order valence-electron chi connectivity index (χ3n) is 6.14. The summed E-state index contributed by atoms with van der Waals surface area (Å²) in [5.74, 6) is -0.153. The number of rotatable bonds is 8. The van der Waals surface area contributed by atoms with Crippen molar-refractivity contribution in [3.8, 4) is 5.75 Å². The minimum atomic E-state index is -3.67. The standard InChI is InChI=1S/C26H31N3O5S/c1-18(2)34-24-12-11-20(35(32,33)28-14-7-4-8-15-28)17-23(24)27-25(30)13-16-29-19(3)21-9-5-6-10-22(21)26(29)31/h5-6,9-12,17-18H,3-4,7-8,13-16H2,1-2H3,(H,27,30). The Morgan fingerprint density at radius 1 is 1.09 bits per heavy atom. The Kier molecular flexibility index (Phi) is 7.28. The monoisotopic (exact) mass is 497 g/mol. The van der Waals surface area contributed by atoms with Crippen LogP contribution >= 0.6 is 0 Å². The Hall–Kier alpha value is -3.17. The van der Waals surface area contributed by atoms with Crippen LogP contribution in [0.2, 0.25) is 0 Å². The van der Waals surface area contributed by atoms with E-state index in [1.165, 1.54) is 21.3 Å². The summed E-state index contributed by atoms with van der Waals surface area (Å²) in [5, 5.41) is 2.79. The molecule has 2 amide bonds. The fourth-order valence-electron chi connectivity index (χ4n) is 4.38. The van der Waals surface area contributed by atoms with Gasteiger partial charge in [-0.2, -0.15) is 4.31 Å². The highest BCUT2D eigenvalue weighted by Gasteiger charge is 2.31. The predicted molar refractivity (Wildman–Crippen MR) is 135 cm³/mol. The van der Waals surface area contributed by atoms with Crippen molar-refractivity contribution < 1.29 is 22.7 Å². The number of benzene rings is 2. The molecule has 2 aliphatic heterocycles. The van der Waals surface area contributed by atoms with Crippen LogP contribution < -0.4 is 10.1 Å². The molecule has 0 radical (unpaired) electrons. The molecule has 0 atom stereocenters. The maximum atomic E-state index is 13.2. The topological polar surface area (TPSA) is 96.0 Å². The zero-order chi connectivity index (χ0) is 25.2. The second kappa shape index (κ2) is 10.2. The average Bonchev–Trinajstić information content (AvgIpc) is 3.08. The lowest BCUT2D eigenvalue weighted by molar-refractivity contribution is -0.116. The molecule has 0 aromatic heterocycles. The van der Waals surface area contributed by atoms with Crippen LogP contribution in [0, 0.1) is 0 Å². The first kappa shape index (κ1) is 24.9. The fraction of sp³-hybridized carbons (Fsp3) is 0.385. The van der Waals surface area contributed by atoms with Crippen LogP contribution in [0.1, 0.15) is 55.5 Å². The smallest absolute Gasteiger partial charge is 0.258 e. The Balaban J connectivity index is 1.50. The quantitative estimate of drug-likeness (QED) is 0.592. The second-order valence-corrected chi connectivity index (χ2v) is 11.0. The molecule has 35 heavy (non-hydrogen) atoms. The van der Waals surface area contributed by atoms with Gasteiger partial charge in [0.15, 0.2) is 0 Å². The zero-order valence-electron chi connectivity index (χ0n) is 20.1. The Labute approximate surface area is 206 Å². The molecule has 0 bridgehead atoms. The van der Waals surface area contributed by atoms with Gasteiger partial charge >= 0.3 is 0 Å². The van der Waals surface area contributed by atoms with Crippen molar-refractivity contribution in [3.63, 3.8) is 0 Å². The van der Waals surface area contributed by atoms with E-state index in [0.717, 1.165) is 24.8 Å². The largest absolute Gasteiger partial charge is 0.489 e. The van der Waals surface area contributed by atoms with E-state index >= 15 is 0 Å². The van der Waals surface area contributed by atoms with Crippen LogP contribution in [-0.2, 0) is 14.8 Å². The van der Waals surface area contributed by atoms with E-state index in [0.29, 0.717) is 30.1 Å². The van der Waals surface area contributed by atoms with E-state index in [2.05, 4.69) is 11.9 Å². The summed E-state index contributed by atoms with van der Waals surface area (Å²) in [6.07, 6.45) is 2.54. The molecule has 0 saturated carbocycles. The van der Waals surface area contributed by atoms with Crippen molar-refractivity contribution in [2.45, 2.75) is 50.5 Å². The Morgan fingerprint density at radius 3 is 2.43 bits per heavy atom. The lowest BCUT2D eigenvalue weighted by atomic mass is 10.1. The van der Waals surface area contributed by atoms with E-state index in [4.69, 9.17) is 4.74 Å². The van der Waals surface area contributed by atoms with E-state index in [1.54, 1.807) is 18.2 Å². The van der Waals surface area contributed by atoms with Crippen molar-refractivity contribution in [1.82, 2.24) is 9.21 Å². The highest BCUT2D eigenvalue weighted by molar-refractivity contribution is 7.89. The molecule has 2 aromatic rings. The van der Waals surface area contributed by atoms with Crippen molar-refractivity contribution >= 4 is 33.2 Å². The maximum absolute atomic E-state index is 13.2. The third-order valence-corrected chi connectivity index (χ3v) is 8.04. The van der Waals surface area contributed by atoms with Crippen molar-refractivity contribution in [3.05, 3.63) is 60.2 Å². The van der Waals surface area contributed by atoms with Gasteiger partial charge < -0.3 is 15.0 Å². The van der Waals surface area contributed by atoms with Gasteiger partial charge in [0.2, 0.25) is 15.9 Å². The SMILES string of the molecule is C=C1c2ccccc2C(=O)N1CCC(=O)Nc1cc(S(=O)(=O)N2CCCCC2)ccc1OC(C)C. The van der Waals surface area contributed by atoms with Gasteiger partial charge in [0, 0.05) is 42.9 Å². The number of anilines is 1. The van der Waals surface area contributed by atoms with Crippen molar-refractivity contribution in [2.24, 2.45) is 0 Å². The van der Waals surface area contributed by atoms with Crippen LogP contribution in [-0.4, -0.2) is 55.2 Å². The van der Waals surface area contributed by atoms with Gasteiger partial charge in [-0.3, -0.25) is 9.59 Å². The molecule has 2 heterocycles. The summed E-state index contributed by atoms with van der Waals surface area (Å²) < 4.78 is 33.6. The predicted octanol–water partition coefficient (Wildman–Crippen LogP) is 4.10. The highest BCUT2D eigenvalue weighted by atomic mass is 32.2. The number of carbonyl (C=O) groups is 2. The summed E-state index contributed by atoms with van der Waals surface area (Å²) >= 11 is 0. The highest BCUT2D eigenvalue weighted by Crippen LogP contribution is 2.33. The molecule has 1 saturated heterocycles. The number of ether oxygens (including phenoxy) is 1. The first-order valence-electron chi connectivity index (χ1n) is 11.9. The van der Waals surface area contributed by atoms with Crippen molar-refractivity contribution in [2.75, 3.05) is 25.0 Å². The molecule has 186 valence electrons. The molecule has 8 nitrogen and oxygen atoms in total. The Morgan fingerprint density at radius 2 is 1.77 bits per heavy atom. The average molecular weight is 498 g/mol. The Bertz CT molecular complexity index is 1210. The number of nitrogens with one attached hydrogen (secondary N) is 1. The molecule has 2 aromatic carbocycles. The van der Waals surface area contributed by atoms with Crippen LogP contribution in [0.3, 0.4) is 0 Å². The van der Waals surface area contributed by atoms with Crippen LogP contribution in [0.4, 0.5) is 5.69 Å². The first-order valence-corrected chi connectivity index (χ1v) is 13.3. The number of sulfonamides is 1. The fourth-order valence-corrected chi connectivity index (χ4v) is 5.92. The van der Waals surface area contributed by atoms with Gasteiger partial charge in [0.05, 0.1) is 16.7 Å². The number of fused-ring (bicyclic) bond motifs is 1. The van der Waals surface area contributed by atoms with Gasteiger partial charge in [-0.15, -0.1) is 0 Å². The lowest BCUT2D eigenvalue weighted by Gasteiger charge is -2.26. The van der Waals surface area contributed by atoms with Crippen LogP contribution in [0.5, 0.6) is 5.75 Å². The molecular weight excluding hydrogens is 466 g/mol. The normalized spacial score (nSPS) is 16.5. The third kappa shape index (κ3) is 5.26. The molecule has 4 rings (SSSR count). The summed E-state index contributed by atoms with van der Waals surface area (Å²) in [4.78, 5) is 27.2. The molecule has 9 heteroatoms. The minimum Gasteiger partial charge on any atom is -0.489 e. The van der Waals surface area contributed by atoms with Gasteiger partial charge in [0.25, 0.3) is 5.91 Å². The summed E-state index contributed by atoms with van der Waals surface area (Å²) in [5.41, 5.74) is 2.19. The first-order chi connectivity index (χ1) is 16.7. The molecule has 2 aliphatic rings. The second-order valence-electron chi connectivity index (χ2n) is 9.04. The van der Waals surface area contributed by atoms with E-state index in [-0.39, 0.29) is 41.5 Å². The lowest BCUT2D eigenvalue weighted by Crippen LogP contribution is -2.35. The number of piperidine rings is 1. The molecule has 0 unspecified atom stereocenters. The molecule has 0 aliphatic carbocycles. The number of hydrogen-bond acceptors (Lipinski definition) is 5. The van der Waals surface area contributed by atoms with Gasteiger partial charge in [-0.1, -0.05) is 31.2 Å². The summed E-state index contributed by atoms with van der Waals surface area (Å²) in [6.45, 7) is 8.85.